The molecule has 0 aliphatic heterocycles. The van der Waals surface area contributed by atoms with Crippen molar-refractivity contribution >= 4 is 21.8 Å². The monoisotopic (exact) mass is 348 g/mol. The van der Waals surface area contributed by atoms with Crippen LogP contribution in [-0.4, -0.2) is 19.1 Å². The molecule has 0 heterocycles. The Morgan fingerprint density at radius 1 is 1.14 bits per heavy atom. The minimum atomic E-state index is -0.506. The van der Waals surface area contributed by atoms with Crippen LogP contribution >= 0.6 is 15.9 Å². The van der Waals surface area contributed by atoms with Gasteiger partial charge in [0.25, 0.3) is 0 Å². The van der Waals surface area contributed by atoms with Gasteiger partial charge in [0.1, 0.15) is 18.4 Å². The minimum Gasteiger partial charge on any atom is -0.491 e. The van der Waals surface area contributed by atoms with Crippen LogP contribution in [0.15, 0.2) is 59.1 Å². The molecule has 0 radical (unpaired) electrons. The highest BCUT2D eigenvalue weighted by atomic mass is 79.9. The first-order chi connectivity index (χ1) is 10.2. The van der Waals surface area contributed by atoms with Crippen LogP contribution in [0.1, 0.15) is 11.6 Å². The summed E-state index contributed by atoms with van der Waals surface area (Å²) >= 11 is 3.42. The fourth-order valence-electron chi connectivity index (χ4n) is 1.95. The third-order valence-electron chi connectivity index (χ3n) is 2.96. The molecule has 0 spiro atoms. The molecule has 5 heteroatoms. The molecule has 0 aliphatic carbocycles. The van der Waals surface area contributed by atoms with Gasteiger partial charge in [-0.15, -0.1) is 0 Å². The predicted molar refractivity (Wildman–Crippen MR) is 86.0 cm³/mol. The molecule has 2 aromatic carbocycles. The van der Waals surface area contributed by atoms with Gasteiger partial charge in [0.05, 0.1) is 4.47 Å². The second-order valence-corrected chi connectivity index (χ2v) is 5.33. The quantitative estimate of drug-likeness (QED) is 0.756. The van der Waals surface area contributed by atoms with E-state index in [1.807, 2.05) is 54.6 Å². The van der Waals surface area contributed by atoms with E-state index in [1.54, 1.807) is 0 Å². The molecular weight excluding hydrogens is 332 g/mol. The normalized spacial score (nSPS) is 11.9. The molecule has 1 atom stereocenters. The average Bonchev–Trinajstić information content (AvgIpc) is 2.49. The largest absolute Gasteiger partial charge is 0.491 e. The van der Waals surface area contributed by atoms with Gasteiger partial charge < -0.3 is 10.5 Å². The highest BCUT2D eigenvalue weighted by Crippen LogP contribution is 2.23. The zero-order valence-corrected chi connectivity index (χ0v) is 13.0. The van der Waals surface area contributed by atoms with Crippen molar-refractivity contribution in [2.45, 2.75) is 6.04 Å². The van der Waals surface area contributed by atoms with Crippen LogP contribution in [0.3, 0.4) is 0 Å². The summed E-state index contributed by atoms with van der Waals surface area (Å²) in [6, 6.07) is 16.5. The van der Waals surface area contributed by atoms with Gasteiger partial charge >= 0.3 is 0 Å². The van der Waals surface area contributed by atoms with E-state index >= 15 is 0 Å². The minimum absolute atomic E-state index is 0.401. The van der Waals surface area contributed by atoms with Crippen LogP contribution in [0.25, 0.3) is 0 Å². The Bertz CT molecular complexity index is 590. The first-order valence-electron chi connectivity index (χ1n) is 6.63. The number of amides is 1. The number of benzene rings is 2. The van der Waals surface area contributed by atoms with Crippen LogP contribution < -0.4 is 15.8 Å². The second kappa shape index (κ2) is 7.81. The molecule has 3 N–H and O–H groups in total. The predicted octanol–water partition coefficient (Wildman–Crippen LogP) is 2.64. The number of nitrogens with one attached hydrogen (secondary N) is 1. The Balaban J connectivity index is 1.86. The lowest BCUT2D eigenvalue weighted by molar-refractivity contribution is -0.120. The van der Waals surface area contributed by atoms with Gasteiger partial charge in [0, 0.05) is 6.54 Å². The number of rotatable bonds is 7. The summed E-state index contributed by atoms with van der Waals surface area (Å²) in [4.78, 5) is 11.5. The van der Waals surface area contributed by atoms with Gasteiger partial charge in [0.15, 0.2) is 0 Å². The number of primary amides is 1. The SMILES string of the molecule is NC(=O)C(NCCOc1ccccc1Br)c1ccccc1. The first-order valence-corrected chi connectivity index (χ1v) is 7.43. The molecule has 2 rings (SSSR count). The van der Waals surface area contributed by atoms with E-state index in [-0.39, 0.29) is 0 Å². The molecule has 0 saturated carbocycles. The lowest BCUT2D eigenvalue weighted by Gasteiger charge is -2.16. The summed E-state index contributed by atoms with van der Waals surface area (Å²) in [6.07, 6.45) is 0. The topological polar surface area (TPSA) is 64.4 Å². The molecule has 0 aromatic heterocycles. The zero-order chi connectivity index (χ0) is 15.1. The fraction of sp³-hybridized carbons (Fsp3) is 0.188. The highest BCUT2D eigenvalue weighted by molar-refractivity contribution is 9.10. The van der Waals surface area contributed by atoms with Crippen LogP contribution in [0.5, 0.6) is 5.75 Å². The van der Waals surface area contributed by atoms with Crippen molar-refractivity contribution in [3.8, 4) is 5.75 Å². The lowest BCUT2D eigenvalue weighted by Crippen LogP contribution is -2.35. The summed E-state index contributed by atoms with van der Waals surface area (Å²) in [7, 11) is 0. The molecular formula is C16H17BrN2O2. The molecule has 110 valence electrons. The second-order valence-electron chi connectivity index (χ2n) is 4.48. The molecule has 1 amide bonds. The summed E-state index contributed by atoms with van der Waals surface area (Å²) in [5.74, 6) is 0.372. The Morgan fingerprint density at radius 3 is 2.48 bits per heavy atom. The van der Waals surface area contributed by atoms with Gasteiger partial charge in [-0.2, -0.15) is 0 Å². The van der Waals surface area contributed by atoms with Crippen LogP contribution in [-0.2, 0) is 4.79 Å². The fourth-order valence-corrected chi connectivity index (χ4v) is 2.35. The van der Waals surface area contributed by atoms with Crippen LogP contribution in [0.4, 0.5) is 0 Å². The van der Waals surface area contributed by atoms with Crippen molar-refractivity contribution in [1.29, 1.82) is 0 Å². The van der Waals surface area contributed by atoms with E-state index in [0.29, 0.717) is 13.2 Å². The van der Waals surface area contributed by atoms with Gasteiger partial charge in [-0.25, -0.2) is 0 Å². The van der Waals surface area contributed by atoms with Crippen LogP contribution in [0, 0.1) is 0 Å². The van der Waals surface area contributed by atoms with Crippen molar-refractivity contribution in [3.05, 3.63) is 64.6 Å². The summed E-state index contributed by atoms with van der Waals surface area (Å²) in [5, 5.41) is 3.11. The number of carbonyl (C=O) groups is 1. The Morgan fingerprint density at radius 2 is 1.81 bits per heavy atom. The summed E-state index contributed by atoms with van der Waals surface area (Å²) in [5.41, 5.74) is 6.29. The third-order valence-corrected chi connectivity index (χ3v) is 3.62. The van der Waals surface area contributed by atoms with Crippen molar-refractivity contribution in [2.75, 3.05) is 13.2 Å². The maximum absolute atomic E-state index is 11.5. The van der Waals surface area contributed by atoms with Crippen molar-refractivity contribution in [1.82, 2.24) is 5.32 Å². The molecule has 4 nitrogen and oxygen atoms in total. The third kappa shape index (κ3) is 4.58. The number of para-hydroxylation sites is 1. The van der Waals surface area contributed by atoms with Gasteiger partial charge in [-0.1, -0.05) is 42.5 Å². The Hall–Kier alpha value is -1.85. The maximum atomic E-state index is 11.5. The number of halogens is 1. The summed E-state index contributed by atoms with van der Waals surface area (Å²) in [6.45, 7) is 0.961. The average molecular weight is 349 g/mol. The first kappa shape index (κ1) is 15.5. The van der Waals surface area contributed by atoms with Gasteiger partial charge in [0.2, 0.25) is 5.91 Å². The number of hydrogen-bond donors (Lipinski definition) is 2. The van der Waals surface area contributed by atoms with E-state index in [9.17, 15) is 4.79 Å². The molecule has 1 unspecified atom stereocenters. The lowest BCUT2D eigenvalue weighted by atomic mass is 10.1. The molecule has 0 bridgehead atoms. The van der Waals surface area contributed by atoms with Crippen molar-refractivity contribution in [3.63, 3.8) is 0 Å². The maximum Gasteiger partial charge on any atom is 0.239 e. The van der Waals surface area contributed by atoms with E-state index in [1.165, 1.54) is 0 Å². The van der Waals surface area contributed by atoms with E-state index < -0.39 is 11.9 Å². The Labute approximate surface area is 132 Å². The van der Waals surface area contributed by atoms with E-state index in [4.69, 9.17) is 10.5 Å². The molecule has 2 aromatic rings. The number of ether oxygens (including phenoxy) is 1. The zero-order valence-electron chi connectivity index (χ0n) is 11.5. The number of carbonyl (C=O) groups excluding carboxylic acids is 1. The molecule has 0 fully saturated rings. The van der Waals surface area contributed by atoms with Crippen molar-refractivity contribution < 1.29 is 9.53 Å². The highest BCUT2D eigenvalue weighted by Gasteiger charge is 2.16. The van der Waals surface area contributed by atoms with E-state index in [2.05, 4.69) is 21.2 Å². The Kier molecular flexibility index (Phi) is 5.78. The van der Waals surface area contributed by atoms with Crippen molar-refractivity contribution in [2.24, 2.45) is 5.73 Å². The number of hydrogen-bond acceptors (Lipinski definition) is 3. The van der Waals surface area contributed by atoms with E-state index in [0.717, 1.165) is 15.8 Å². The molecule has 0 aliphatic rings. The smallest absolute Gasteiger partial charge is 0.239 e. The molecule has 0 saturated heterocycles. The van der Waals surface area contributed by atoms with Gasteiger partial charge in [-0.3, -0.25) is 10.1 Å². The standard InChI is InChI=1S/C16H17BrN2O2/c17-13-8-4-5-9-14(13)21-11-10-19-15(16(18)20)12-6-2-1-3-7-12/h1-9,15,19H,10-11H2,(H2,18,20). The summed E-state index contributed by atoms with van der Waals surface area (Å²) < 4.78 is 6.54. The van der Waals surface area contributed by atoms with Crippen LogP contribution in [0.2, 0.25) is 0 Å². The van der Waals surface area contributed by atoms with Gasteiger partial charge in [-0.05, 0) is 33.6 Å². The number of nitrogens with two attached hydrogens (primary N) is 1. The molecule has 21 heavy (non-hydrogen) atoms.